The number of nitriles is 1. The molecule has 0 saturated carbocycles. The maximum Gasteiger partial charge on any atom is 0.269 e. The number of amides is 1. The van der Waals surface area contributed by atoms with Crippen LogP contribution in [0.2, 0.25) is 0 Å². The molecule has 5 aromatic rings. The van der Waals surface area contributed by atoms with E-state index in [1.165, 1.54) is 18.2 Å². The molecule has 0 heterocycles. The molecule has 5 aromatic carbocycles. The van der Waals surface area contributed by atoms with Crippen molar-refractivity contribution in [2.45, 2.75) is 13.2 Å². The van der Waals surface area contributed by atoms with Crippen molar-refractivity contribution in [2.75, 3.05) is 5.32 Å². The number of carbonyl (C=O) groups is 1. The van der Waals surface area contributed by atoms with E-state index in [2.05, 4.69) is 5.32 Å². The third-order valence-corrected chi connectivity index (χ3v) is 6.46. The number of hydrogen-bond acceptors (Lipinski definition) is 6. The van der Waals surface area contributed by atoms with Crippen molar-refractivity contribution < 1.29 is 19.2 Å². The molecule has 206 valence electrons. The summed E-state index contributed by atoms with van der Waals surface area (Å²) in [5, 5.41) is 25.5. The summed E-state index contributed by atoms with van der Waals surface area (Å²) in [5.41, 5.74) is 2.57. The Balaban J connectivity index is 1.35. The van der Waals surface area contributed by atoms with E-state index in [1.807, 2.05) is 66.7 Å². The van der Waals surface area contributed by atoms with Gasteiger partial charge in [0, 0.05) is 23.4 Å². The number of nitro benzene ring substituents is 1. The average molecular weight is 556 g/mol. The Hall–Kier alpha value is -5.94. The minimum atomic E-state index is -0.576. The van der Waals surface area contributed by atoms with E-state index in [-0.39, 0.29) is 17.9 Å². The van der Waals surface area contributed by atoms with Gasteiger partial charge in [-0.05, 0) is 58.3 Å². The molecule has 0 saturated heterocycles. The molecule has 8 heteroatoms. The van der Waals surface area contributed by atoms with Crippen LogP contribution >= 0.6 is 0 Å². The summed E-state index contributed by atoms with van der Waals surface area (Å²) in [7, 11) is 0. The van der Waals surface area contributed by atoms with Crippen molar-refractivity contribution >= 4 is 34.1 Å². The molecule has 1 N–H and O–H groups in total. The van der Waals surface area contributed by atoms with Crippen LogP contribution in [-0.4, -0.2) is 10.8 Å². The summed E-state index contributed by atoms with van der Waals surface area (Å²) in [4.78, 5) is 23.8. The predicted molar refractivity (Wildman–Crippen MR) is 161 cm³/mol. The molecule has 42 heavy (non-hydrogen) atoms. The SMILES string of the molecule is N#C/C(=C\c1c(OCc2cccc([N+](=O)[O-])c2)ccc2ccccc12)C(=O)Nc1ccc(OCc2ccccc2)cc1. The number of nitro groups is 1. The van der Waals surface area contributed by atoms with Gasteiger partial charge in [-0.2, -0.15) is 5.26 Å². The Morgan fingerprint density at radius 3 is 2.31 bits per heavy atom. The van der Waals surface area contributed by atoms with E-state index in [9.17, 15) is 20.2 Å². The molecular formula is C34H25N3O5. The Kier molecular flexibility index (Phi) is 8.51. The summed E-state index contributed by atoms with van der Waals surface area (Å²) >= 11 is 0. The summed E-state index contributed by atoms with van der Waals surface area (Å²) in [6.07, 6.45) is 1.50. The van der Waals surface area contributed by atoms with Gasteiger partial charge >= 0.3 is 0 Å². The summed E-state index contributed by atoms with van der Waals surface area (Å²) in [6.45, 7) is 0.484. The highest BCUT2D eigenvalue weighted by molar-refractivity contribution is 6.11. The molecule has 0 aliphatic carbocycles. The van der Waals surface area contributed by atoms with Gasteiger partial charge < -0.3 is 14.8 Å². The molecule has 0 aliphatic rings. The Labute approximate surface area is 242 Å². The van der Waals surface area contributed by atoms with E-state index in [1.54, 1.807) is 42.5 Å². The lowest BCUT2D eigenvalue weighted by Crippen LogP contribution is -2.13. The number of fused-ring (bicyclic) bond motifs is 1. The van der Waals surface area contributed by atoms with Gasteiger partial charge in [-0.3, -0.25) is 14.9 Å². The molecule has 0 spiro atoms. The standard InChI is InChI=1S/C34H25N3O5/c35-21-27(34(38)36-28-14-16-30(17-15-28)41-22-24-7-2-1-3-8-24)20-32-31-12-5-4-10-26(31)13-18-33(32)42-23-25-9-6-11-29(19-25)37(39)40/h1-20H,22-23H2,(H,36,38)/b27-20+. The van der Waals surface area contributed by atoms with Gasteiger partial charge in [-0.1, -0.05) is 72.8 Å². The normalized spacial score (nSPS) is 11.0. The monoisotopic (exact) mass is 555 g/mol. The van der Waals surface area contributed by atoms with Gasteiger partial charge in [-0.25, -0.2) is 0 Å². The molecule has 0 fully saturated rings. The first-order valence-electron chi connectivity index (χ1n) is 13.1. The summed E-state index contributed by atoms with van der Waals surface area (Å²) < 4.78 is 11.9. The van der Waals surface area contributed by atoms with Crippen molar-refractivity contribution in [3.05, 3.63) is 148 Å². The fraction of sp³-hybridized carbons (Fsp3) is 0.0588. The lowest BCUT2D eigenvalue weighted by atomic mass is 10.0. The van der Waals surface area contributed by atoms with Gasteiger partial charge in [0.2, 0.25) is 0 Å². The molecule has 0 radical (unpaired) electrons. The number of benzene rings is 5. The van der Waals surface area contributed by atoms with E-state index < -0.39 is 10.8 Å². The van der Waals surface area contributed by atoms with E-state index in [0.717, 1.165) is 16.3 Å². The first-order chi connectivity index (χ1) is 20.5. The highest BCUT2D eigenvalue weighted by atomic mass is 16.6. The van der Waals surface area contributed by atoms with Crippen molar-refractivity contribution in [1.29, 1.82) is 5.26 Å². The Bertz CT molecular complexity index is 1810. The third kappa shape index (κ3) is 6.79. The fourth-order valence-electron chi connectivity index (χ4n) is 4.34. The lowest BCUT2D eigenvalue weighted by molar-refractivity contribution is -0.384. The van der Waals surface area contributed by atoms with Crippen LogP contribution in [0.25, 0.3) is 16.8 Å². The average Bonchev–Trinajstić information content (AvgIpc) is 3.03. The first kappa shape index (κ1) is 27.6. The van der Waals surface area contributed by atoms with Gasteiger partial charge in [0.05, 0.1) is 4.92 Å². The highest BCUT2D eigenvalue weighted by Crippen LogP contribution is 2.31. The topological polar surface area (TPSA) is 114 Å². The largest absolute Gasteiger partial charge is 0.489 e. The van der Waals surface area contributed by atoms with Crippen molar-refractivity contribution in [3.8, 4) is 17.6 Å². The first-order valence-corrected chi connectivity index (χ1v) is 13.1. The summed E-state index contributed by atoms with van der Waals surface area (Å²) in [6, 6.07) is 36.1. The minimum Gasteiger partial charge on any atom is -0.489 e. The second kappa shape index (κ2) is 12.9. The molecule has 0 atom stereocenters. The predicted octanol–water partition coefficient (Wildman–Crippen LogP) is 7.45. The zero-order valence-corrected chi connectivity index (χ0v) is 22.4. The minimum absolute atomic E-state index is 0.0334. The van der Waals surface area contributed by atoms with Crippen LogP contribution < -0.4 is 14.8 Å². The van der Waals surface area contributed by atoms with Crippen molar-refractivity contribution in [3.63, 3.8) is 0 Å². The van der Waals surface area contributed by atoms with Crippen LogP contribution in [0.5, 0.6) is 11.5 Å². The van der Waals surface area contributed by atoms with Crippen LogP contribution in [0.4, 0.5) is 11.4 Å². The van der Waals surface area contributed by atoms with E-state index >= 15 is 0 Å². The zero-order chi connectivity index (χ0) is 29.3. The molecule has 0 unspecified atom stereocenters. The second-order valence-corrected chi connectivity index (χ2v) is 9.34. The number of non-ortho nitro benzene ring substituents is 1. The molecule has 0 bridgehead atoms. The quantitative estimate of drug-likeness (QED) is 0.0828. The number of carbonyl (C=O) groups excluding carboxylic acids is 1. The van der Waals surface area contributed by atoms with Gasteiger partial charge in [-0.15, -0.1) is 0 Å². The molecule has 0 aliphatic heterocycles. The third-order valence-electron chi connectivity index (χ3n) is 6.46. The van der Waals surface area contributed by atoms with Crippen LogP contribution in [-0.2, 0) is 18.0 Å². The lowest BCUT2D eigenvalue weighted by Gasteiger charge is -2.13. The maximum absolute atomic E-state index is 13.1. The van der Waals surface area contributed by atoms with Crippen LogP contribution in [0.15, 0.2) is 121 Å². The van der Waals surface area contributed by atoms with Crippen LogP contribution in [0, 0.1) is 21.4 Å². The van der Waals surface area contributed by atoms with Gasteiger partial charge in [0.15, 0.2) is 0 Å². The molecule has 1 amide bonds. The number of nitrogens with one attached hydrogen (secondary N) is 1. The Morgan fingerprint density at radius 1 is 0.833 bits per heavy atom. The Morgan fingerprint density at radius 2 is 1.55 bits per heavy atom. The molecule has 0 aromatic heterocycles. The van der Waals surface area contributed by atoms with Crippen molar-refractivity contribution in [1.82, 2.24) is 0 Å². The van der Waals surface area contributed by atoms with E-state index in [4.69, 9.17) is 9.47 Å². The van der Waals surface area contributed by atoms with Gasteiger partial charge in [0.1, 0.15) is 36.4 Å². The highest BCUT2D eigenvalue weighted by Gasteiger charge is 2.15. The molecule has 5 rings (SSSR count). The number of nitrogens with zero attached hydrogens (tertiary/aromatic N) is 2. The second-order valence-electron chi connectivity index (χ2n) is 9.34. The zero-order valence-electron chi connectivity index (χ0n) is 22.4. The summed E-state index contributed by atoms with van der Waals surface area (Å²) in [5.74, 6) is 0.503. The number of ether oxygens (including phenoxy) is 2. The molecular weight excluding hydrogens is 530 g/mol. The van der Waals surface area contributed by atoms with E-state index in [0.29, 0.717) is 34.9 Å². The number of rotatable bonds is 10. The number of hydrogen-bond donors (Lipinski definition) is 1. The van der Waals surface area contributed by atoms with Crippen LogP contribution in [0.1, 0.15) is 16.7 Å². The smallest absolute Gasteiger partial charge is 0.269 e. The molecule has 8 nitrogen and oxygen atoms in total. The van der Waals surface area contributed by atoms with Gasteiger partial charge in [0.25, 0.3) is 11.6 Å². The van der Waals surface area contributed by atoms with Crippen molar-refractivity contribution in [2.24, 2.45) is 0 Å². The maximum atomic E-state index is 13.1. The fourth-order valence-corrected chi connectivity index (χ4v) is 4.34. The number of anilines is 1. The van der Waals surface area contributed by atoms with Crippen LogP contribution in [0.3, 0.4) is 0 Å².